The van der Waals surface area contributed by atoms with E-state index in [1.165, 1.54) is 6.26 Å². The molecule has 2 aromatic rings. The molecule has 1 aliphatic heterocycles. The number of carbonyl (C=O) groups excluding carboxylic acids is 2. The van der Waals surface area contributed by atoms with E-state index in [-0.39, 0.29) is 18.9 Å². The molecular formula is C28H39N3O7S. The predicted octanol–water partition coefficient (Wildman–Crippen LogP) is 4.03. The summed E-state index contributed by atoms with van der Waals surface area (Å²) in [4.78, 5) is 32.6. The van der Waals surface area contributed by atoms with Gasteiger partial charge >= 0.3 is 0 Å². The van der Waals surface area contributed by atoms with Gasteiger partial charge in [-0.15, -0.1) is 4.41 Å². The summed E-state index contributed by atoms with van der Waals surface area (Å²) in [5.74, 6) is -2.32. The normalized spacial score (nSPS) is 17.8. The lowest BCUT2D eigenvalue weighted by molar-refractivity contribution is -0.203. The summed E-state index contributed by atoms with van der Waals surface area (Å²) in [5, 5.41) is 0. The van der Waals surface area contributed by atoms with Crippen molar-refractivity contribution in [2.75, 3.05) is 12.9 Å². The summed E-state index contributed by atoms with van der Waals surface area (Å²) >= 11 is 0. The van der Waals surface area contributed by atoms with Crippen molar-refractivity contribution >= 4 is 27.9 Å². The van der Waals surface area contributed by atoms with Gasteiger partial charge in [0.25, 0.3) is 0 Å². The molecule has 0 radical (unpaired) electrons. The van der Waals surface area contributed by atoms with Gasteiger partial charge in [0.2, 0.25) is 21.8 Å². The summed E-state index contributed by atoms with van der Waals surface area (Å²) in [6, 6.07) is 12.9. The second-order valence-electron chi connectivity index (χ2n) is 10.1. The molecule has 10 nitrogen and oxygen atoms in total. The average molecular weight is 562 g/mol. The Morgan fingerprint density at radius 2 is 1.87 bits per heavy atom. The number of allylic oxidation sites excluding steroid dienone is 1. The van der Waals surface area contributed by atoms with Crippen molar-refractivity contribution < 1.29 is 32.0 Å². The number of sulfonamides is 1. The monoisotopic (exact) mass is 561 g/mol. The summed E-state index contributed by atoms with van der Waals surface area (Å²) in [6.07, 6.45) is 8.71. The number of carbonyl (C=O) groups is 2. The number of hydroxylamine groups is 1. The van der Waals surface area contributed by atoms with E-state index in [1.807, 2.05) is 56.3 Å². The zero-order valence-corrected chi connectivity index (χ0v) is 23.6. The van der Waals surface area contributed by atoms with Crippen LogP contribution < -0.4 is 10.9 Å². The van der Waals surface area contributed by atoms with Crippen molar-refractivity contribution in [3.63, 3.8) is 0 Å². The quantitative estimate of drug-likeness (QED) is 0.334. The van der Waals surface area contributed by atoms with Crippen LogP contribution in [0.1, 0.15) is 57.3 Å². The Morgan fingerprint density at radius 3 is 2.49 bits per heavy atom. The molecule has 3 atom stereocenters. The van der Waals surface area contributed by atoms with Gasteiger partial charge in [0.15, 0.2) is 6.29 Å². The first-order valence-corrected chi connectivity index (χ1v) is 15.1. The number of rotatable bonds is 14. The molecule has 0 spiro atoms. The van der Waals surface area contributed by atoms with Crippen LogP contribution in [0.4, 0.5) is 0 Å². The fourth-order valence-corrected chi connectivity index (χ4v) is 4.94. The molecule has 1 aliphatic rings. The third-order valence-corrected chi connectivity index (χ3v) is 7.35. The topological polar surface area (TPSA) is 127 Å². The molecule has 11 heteroatoms. The first-order valence-electron chi connectivity index (χ1n) is 13.2. The molecule has 0 aliphatic carbocycles. The highest BCUT2D eigenvalue weighted by Crippen LogP contribution is 2.26. The lowest BCUT2D eigenvalue weighted by Crippen LogP contribution is -2.50. The number of ether oxygens (including phenoxy) is 1. The Labute approximate surface area is 230 Å². The van der Waals surface area contributed by atoms with Crippen LogP contribution in [0.2, 0.25) is 0 Å². The molecule has 1 unspecified atom stereocenters. The Balaban J connectivity index is 1.82. The van der Waals surface area contributed by atoms with Crippen LogP contribution >= 0.6 is 0 Å². The molecule has 0 saturated carbocycles. The molecule has 1 fully saturated rings. The van der Waals surface area contributed by atoms with Gasteiger partial charge in [-0.25, -0.2) is 18.7 Å². The average Bonchev–Trinajstić information content (AvgIpc) is 3.42. The molecule has 2 heterocycles. The van der Waals surface area contributed by atoms with Crippen molar-refractivity contribution in [3.8, 4) is 0 Å². The highest BCUT2D eigenvalue weighted by molar-refractivity contribution is 7.88. The standard InChI is InChI=1S/C28H39N3O7S/c1-21(2)19-25(27(32)29-31(39(3,34)35)20-23-14-10-18-36-23)24(15-9-13-22-11-5-4-6-12-22)28(33)30-38-26-16-7-8-17-37-26/h4-6,9-14,18,21,24-26H,7-8,15-17,19-20H2,1-3H3,(H,29,32)(H,30,33)/t24-,25+,26?/m0/s1. The van der Waals surface area contributed by atoms with Gasteiger partial charge < -0.3 is 9.15 Å². The molecular weight excluding hydrogens is 522 g/mol. The molecule has 2 N–H and O–H groups in total. The zero-order valence-electron chi connectivity index (χ0n) is 22.7. The SMILES string of the molecule is CC(C)C[C@@H](C(=O)NN(Cc1ccco1)S(C)(=O)=O)[C@H](CC=Cc1ccccc1)C(=O)NOC1CCCCO1. The smallest absolute Gasteiger partial charge is 0.247 e. The van der Waals surface area contributed by atoms with Gasteiger partial charge in [-0.2, -0.15) is 0 Å². The van der Waals surface area contributed by atoms with Crippen LogP contribution in [0, 0.1) is 17.8 Å². The van der Waals surface area contributed by atoms with Crippen LogP contribution in [0.15, 0.2) is 59.2 Å². The minimum Gasteiger partial charge on any atom is -0.468 e. The van der Waals surface area contributed by atoms with Gasteiger partial charge in [-0.05, 0) is 49.3 Å². The van der Waals surface area contributed by atoms with Gasteiger partial charge in [-0.3, -0.25) is 15.0 Å². The maximum Gasteiger partial charge on any atom is 0.247 e. The summed E-state index contributed by atoms with van der Waals surface area (Å²) < 4.78 is 36.6. The molecule has 2 amide bonds. The lowest BCUT2D eigenvalue weighted by atomic mass is 9.82. The van der Waals surface area contributed by atoms with Gasteiger partial charge in [0.1, 0.15) is 5.76 Å². The van der Waals surface area contributed by atoms with Gasteiger partial charge in [-0.1, -0.05) is 56.3 Å². The first kappa shape index (κ1) is 30.6. The summed E-state index contributed by atoms with van der Waals surface area (Å²) in [5.41, 5.74) is 5.99. The molecule has 1 saturated heterocycles. The van der Waals surface area contributed by atoms with E-state index >= 15 is 0 Å². The number of nitrogens with one attached hydrogen (secondary N) is 2. The number of hydrazine groups is 1. The Hall–Kier alpha value is -2.99. The number of benzene rings is 1. The number of furan rings is 1. The van der Waals surface area contributed by atoms with E-state index in [9.17, 15) is 18.0 Å². The minimum atomic E-state index is -3.84. The first-order chi connectivity index (χ1) is 18.6. The molecule has 3 rings (SSSR count). The zero-order chi connectivity index (χ0) is 28.3. The second-order valence-corrected chi connectivity index (χ2v) is 12.0. The van der Waals surface area contributed by atoms with Crippen molar-refractivity contribution in [1.29, 1.82) is 0 Å². The van der Waals surface area contributed by atoms with E-state index in [2.05, 4.69) is 10.9 Å². The maximum atomic E-state index is 13.6. The molecule has 214 valence electrons. The fourth-order valence-electron chi connectivity index (χ4n) is 4.32. The fraction of sp³-hybridized carbons (Fsp3) is 0.500. The second kappa shape index (κ2) is 15.0. The van der Waals surface area contributed by atoms with Crippen LogP contribution in [-0.4, -0.2) is 43.8 Å². The predicted molar refractivity (Wildman–Crippen MR) is 147 cm³/mol. The lowest BCUT2D eigenvalue weighted by Gasteiger charge is -2.29. The molecule has 1 aromatic heterocycles. The van der Waals surface area contributed by atoms with Crippen LogP contribution in [-0.2, 0) is 35.7 Å². The number of amides is 2. The van der Waals surface area contributed by atoms with Gasteiger partial charge in [0.05, 0.1) is 30.9 Å². The van der Waals surface area contributed by atoms with Crippen molar-refractivity contribution in [2.45, 2.75) is 58.8 Å². The third-order valence-electron chi connectivity index (χ3n) is 6.33. The summed E-state index contributed by atoms with van der Waals surface area (Å²) in [7, 11) is -3.84. The van der Waals surface area contributed by atoms with Crippen LogP contribution in [0.5, 0.6) is 0 Å². The van der Waals surface area contributed by atoms with Crippen molar-refractivity contribution in [2.24, 2.45) is 17.8 Å². The van der Waals surface area contributed by atoms with E-state index in [1.54, 1.807) is 12.1 Å². The molecule has 39 heavy (non-hydrogen) atoms. The minimum absolute atomic E-state index is 0.0495. The van der Waals surface area contributed by atoms with Crippen LogP contribution in [0.3, 0.4) is 0 Å². The van der Waals surface area contributed by atoms with Crippen molar-refractivity contribution in [3.05, 3.63) is 66.1 Å². The van der Waals surface area contributed by atoms with Gasteiger partial charge in [0, 0.05) is 13.0 Å². The van der Waals surface area contributed by atoms with E-state index in [0.29, 0.717) is 25.2 Å². The third kappa shape index (κ3) is 10.2. The Morgan fingerprint density at radius 1 is 1.10 bits per heavy atom. The van der Waals surface area contributed by atoms with E-state index in [0.717, 1.165) is 29.1 Å². The summed E-state index contributed by atoms with van der Waals surface area (Å²) in [6.45, 7) is 4.26. The Kier molecular flexibility index (Phi) is 11.7. The number of hydrogen-bond acceptors (Lipinski definition) is 7. The highest BCUT2D eigenvalue weighted by Gasteiger charge is 2.36. The van der Waals surface area contributed by atoms with E-state index in [4.69, 9.17) is 14.0 Å². The molecule has 0 bridgehead atoms. The number of nitrogens with zero attached hydrogens (tertiary/aromatic N) is 1. The van der Waals surface area contributed by atoms with Crippen LogP contribution in [0.25, 0.3) is 6.08 Å². The van der Waals surface area contributed by atoms with E-state index < -0.39 is 40.0 Å². The number of hydrogen-bond donors (Lipinski definition) is 2. The highest BCUT2D eigenvalue weighted by atomic mass is 32.2. The van der Waals surface area contributed by atoms with Crippen molar-refractivity contribution in [1.82, 2.24) is 15.3 Å². The molecule has 1 aromatic carbocycles. The maximum absolute atomic E-state index is 13.6. The largest absolute Gasteiger partial charge is 0.468 e. The Bertz CT molecular complexity index is 1160.